The minimum atomic E-state index is -0.904. The van der Waals surface area contributed by atoms with E-state index in [4.69, 9.17) is 27.9 Å². The number of ether oxygens (including phenoxy) is 1. The van der Waals surface area contributed by atoms with Gasteiger partial charge in [0.15, 0.2) is 5.69 Å². The van der Waals surface area contributed by atoms with Gasteiger partial charge >= 0.3 is 5.97 Å². The molecule has 31 heavy (non-hydrogen) atoms. The third kappa shape index (κ3) is 5.42. The topological polar surface area (TPSA) is 121 Å². The number of carbonyl (C=O) groups excluding carboxylic acids is 3. The van der Waals surface area contributed by atoms with Crippen LogP contribution in [0.25, 0.3) is 0 Å². The zero-order chi connectivity index (χ0) is 22.4. The minimum Gasteiger partial charge on any atom is -0.417 e. The molecule has 2 N–H and O–H groups in total. The van der Waals surface area contributed by atoms with Crippen LogP contribution in [0.15, 0.2) is 35.1 Å². The summed E-state index contributed by atoms with van der Waals surface area (Å²) in [5, 5.41) is 2.66. The van der Waals surface area contributed by atoms with Gasteiger partial charge in [0, 0.05) is 13.1 Å². The number of aromatic amines is 1. The molecule has 1 fully saturated rings. The molecule has 3 rings (SSSR count). The van der Waals surface area contributed by atoms with E-state index in [1.807, 2.05) is 30.3 Å². The first-order valence-electron chi connectivity index (χ1n) is 9.53. The summed E-state index contributed by atoms with van der Waals surface area (Å²) < 4.78 is 4.97. The molecule has 0 bridgehead atoms. The van der Waals surface area contributed by atoms with Gasteiger partial charge in [-0.3, -0.25) is 19.2 Å². The maximum atomic E-state index is 12.8. The highest BCUT2D eigenvalue weighted by Crippen LogP contribution is 2.30. The van der Waals surface area contributed by atoms with Gasteiger partial charge in [0.2, 0.25) is 11.7 Å². The number of hydrogen-bond donors (Lipinski definition) is 2. The minimum absolute atomic E-state index is 0.122. The Bertz CT molecular complexity index is 1030. The van der Waals surface area contributed by atoms with Crippen LogP contribution >= 0.6 is 23.2 Å². The first kappa shape index (κ1) is 22.8. The van der Waals surface area contributed by atoms with Crippen LogP contribution in [0.3, 0.4) is 0 Å². The largest absolute Gasteiger partial charge is 0.417 e. The summed E-state index contributed by atoms with van der Waals surface area (Å²) in [5.74, 6) is -3.06. The zero-order valence-corrected chi connectivity index (χ0v) is 17.9. The number of likely N-dealkylation sites (tertiary alicyclic amines) is 1. The molecule has 1 saturated heterocycles. The van der Waals surface area contributed by atoms with Gasteiger partial charge in [0.25, 0.3) is 11.5 Å². The predicted octanol–water partition coefficient (Wildman–Crippen LogP) is 1.75. The summed E-state index contributed by atoms with van der Waals surface area (Å²) in [6, 6.07) is 8.58. The highest BCUT2D eigenvalue weighted by Gasteiger charge is 2.33. The van der Waals surface area contributed by atoms with Gasteiger partial charge < -0.3 is 19.9 Å². The van der Waals surface area contributed by atoms with E-state index in [9.17, 15) is 19.2 Å². The number of nitrogens with one attached hydrogen (secondary N) is 2. The van der Waals surface area contributed by atoms with E-state index in [-0.39, 0.29) is 29.9 Å². The second-order valence-corrected chi connectivity index (χ2v) is 7.32. The number of halogens is 2. The molecule has 1 aromatic heterocycles. The van der Waals surface area contributed by atoms with Crippen LogP contribution in [0.2, 0.25) is 0 Å². The highest BCUT2D eigenvalue weighted by atomic mass is 35.5. The number of nitrogens with zero attached hydrogens (tertiary/aromatic N) is 2. The van der Waals surface area contributed by atoms with E-state index < -0.39 is 35.1 Å². The number of alkyl halides is 2. The van der Waals surface area contributed by atoms with E-state index in [1.165, 1.54) is 4.90 Å². The fourth-order valence-corrected chi connectivity index (χ4v) is 3.52. The molecule has 2 heterocycles. The Morgan fingerprint density at radius 3 is 2.61 bits per heavy atom. The molecule has 2 aromatic rings. The van der Waals surface area contributed by atoms with E-state index >= 15 is 0 Å². The van der Waals surface area contributed by atoms with Crippen molar-refractivity contribution in [1.29, 1.82) is 0 Å². The summed E-state index contributed by atoms with van der Waals surface area (Å²) in [7, 11) is 0. The fourth-order valence-electron chi connectivity index (χ4n) is 3.32. The lowest BCUT2D eigenvalue weighted by atomic mass is 10.2. The van der Waals surface area contributed by atoms with Crippen LogP contribution in [0.5, 0.6) is 5.75 Å². The molecule has 11 heteroatoms. The molecular formula is C20H20Cl2N4O5. The van der Waals surface area contributed by atoms with Crippen molar-refractivity contribution in [2.75, 3.05) is 18.3 Å². The smallest absolute Gasteiger partial charge is 0.326 e. The molecule has 9 nitrogen and oxygen atoms in total. The van der Waals surface area contributed by atoms with Crippen molar-refractivity contribution in [3.05, 3.63) is 57.8 Å². The molecule has 1 aromatic carbocycles. The third-order valence-electron chi connectivity index (χ3n) is 4.73. The predicted molar refractivity (Wildman–Crippen MR) is 113 cm³/mol. The van der Waals surface area contributed by atoms with Gasteiger partial charge in [-0.05, 0) is 18.4 Å². The molecule has 0 spiro atoms. The molecule has 1 aliphatic heterocycles. The number of hydrogen-bond acceptors (Lipinski definition) is 6. The Morgan fingerprint density at radius 1 is 1.19 bits per heavy atom. The number of benzene rings is 1. The van der Waals surface area contributed by atoms with Crippen molar-refractivity contribution in [3.8, 4) is 5.75 Å². The van der Waals surface area contributed by atoms with E-state index in [0.717, 1.165) is 5.56 Å². The van der Waals surface area contributed by atoms with E-state index in [1.54, 1.807) is 0 Å². The summed E-state index contributed by atoms with van der Waals surface area (Å²) in [4.78, 5) is 57.6. The van der Waals surface area contributed by atoms with Crippen molar-refractivity contribution >= 4 is 41.0 Å². The summed E-state index contributed by atoms with van der Waals surface area (Å²) in [6.07, 6.45) is 1.23. The highest BCUT2D eigenvalue weighted by molar-refractivity contribution is 6.27. The van der Waals surface area contributed by atoms with Gasteiger partial charge in [-0.25, -0.2) is 4.98 Å². The van der Waals surface area contributed by atoms with Crippen LogP contribution < -0.4 is 15.6 Å². The number of rotatable bonds is 7. The van der Waals surface area contributed by atoms with Crippen molar-refractivity contribution in [3.63, 3.8) is 0 Å². The zero-order valence-electron chi connectivity index (χ0n) is 16.4. The third-order valence-corrected chi connectivity index (χ3v) is 5.18. The number of H-pyrrole nitrogens is 1. The average molecular weight is 467 g/mol. The number of amides is 2. The van der Waals surface area contributed by atoms with Crippen LogP contribution in [0.4, 0.5) is 0 Å². The lowest BCUT2D eigenvalue weighted by molar-refractivity contribution is -0.131. The van der Waals surface area contributed by atoms with Crippen molar-refractivity contribution < 1.29 is 19.1 Å². The molecule has 0 radical (unpaired) electrons. The van der Waals surface area contributed by atoms with Crippen molar-refractivity contribution in [2.24, 2.45) is 0 Å². The van der Waals surface area contributed by atoms with Crippen molar-refractivity contribution in [2.45, 2.75) is 25.4 Å². The molecule has 2 amide bonds. The lowest BCUT2D eigenvalue weighted by Crippen LogP contribution is -2.35. The maximum Gasteiger partial charge on any atom is 0.326 e. The van der Waals surface area contributed by atoms with E-state index in [0.29, 0.717) is 19.4 Å². The Balaban J connectivity index is 1.95. The van der Waals surface area contributed by atoms with Gasteiger partial charge in [0.05, 0.1) is 6.04 Å². The van der Waals surface area contributed by atoms with Gasteiger partial charge in [-0.1, -0.05) is 30.3 Å². The Labute approximate surface area is 187 Å². The second kappa shape index (κ2) is 10.4. The quantitative estimate of drug-likeness (QED) is 0.473. The van der Waals surface area contributed by atoms with Crippen LogP contribution in [-0.4, -0.2) is 51.0 Å². The Morgan fingerprint density at radius 2 is 1.94 bits per heavy atom. The maximum absolute atomic E-state index is 12.8. The molecule has 0 aliphatic carbocycles. The standard InChI is InChI=1S/C20H20Cl2N4O5/c21-9-14(27)26-8-4-7-13(26)18-24-16(17(20(30)25-18)31-15(28)10-22)19(29)23-11-12-5-2-1-3-6-12/h1-3,5-6,13H,4,7-11H2,(H,23,29)(H,24,25,30). The Kier molecular flexibility index (Phi) is 7.64. The average Bonchev–Trinajstić information content (AvgIpc) is 3.28. The molecule has 1 aliphatic rings. The molecule has 1 atom stereocenters. The monoisotopic (exact) mass is 466 g/mol. The van der Waals surface area contributed by atoms with E-state index in [2.05, 4.69) is 15.3 Å². The Hall–Kier alpha value is -2.91. The van der Waals surface area contributed by atoms with Crippen molar-refractivity contribution in [1.82, 2.24) is 20.2 Å². The summed E-state index contributed by atoms with van der Waals surface area (Å²) >= 11 is 11.1. The molecule has 1 unspecified atom stereocenters. The molecule has 0 saturated carbocycles. The van der Waals surface area contributed by atoms with Gasteiger partial charge in [0.1, 0.15) is 17.6 Å². The number of aromatic nitrogens is 2. The van der Waals surface area contributed by atoms with Gasteiger partial charge in [-0.2, -0.15) is 0 Å². The first-order valence-corrected chi connectivity index (χ1v) is 10.6. The number of carbonyl (C=O) groups is 3. The lowest BCUT2D eigenvalue weighted by Gasteiger charge is -2.23. The molecule has 164 valence electrons. The number of esters is 1. The SMILES string of the molecule is O=C(CCl)Oc1c(C(=O)NCc2ccccc2)nc(C2CCCN2C(=O)CCl)[nH]c1=O. The second-order valence-electron chi connectivity index (χ2n) is 6.78. The van der Waals surface area contributed by atoms with Crippen LogP contribution in [-0.2, 0) is 16.1 Å². The summed E-state index contributed by atoms with van der Waals surface area (Å²) in [6.45, 7) is 0.630. The summed E-state index contributed by atoms with van der Waals surface area (Å²) in [5.41, 5.74) is -0.355. The fraction of sp³-hybridized carbons (Fsp3) is 0.350. The van der Waals surface area contributed by atoms with Gasteiger partial charge in [-0.15, -0.1) is 23.2 Å². The normalized spacial score (nSPS) is 15.5. The van der Waals surface area contributed by atoms with Crippen LogP contribution in [0, 0.1) is 0 Å². The first-order chi connectivity index (χ1) is 14.9. The molecular weight excluding hydrogens is 447 g/mol. The van der Waals surface area contributed by atoms with Crippen LogP contribution in [0.1, 0.15) is 40.8 Å².